The van der Waals surface area contributed by atoms with Crippen molar-refractivity contribution in [1.82, 2.24) is 10.2 Å². The molecule has 1 saturated heterocycles. The molecule has 10 heteroatoms. The summed E-state index contributed by atoms with van der Waals surface area (Å²) in [7, 11) is 1.70. The number of hydrogen-bond donors (Lipinski definition) is 2. The molecule has 2 aliphatic heterocycles. The molecule has 0 bridgehead atoms. The van der Waals surface area contributed by atoms with Gasteiger partial charge in [-0.05, 0) is 57.9 Å². The summed E-state index contributed by atoms with van der Waals surface area (Å²) in [6.07, 6.45) is 4.89. The number of para-hydroxylation sites is 2. The molecule has 2 aliphatic rings. The van der Waals surface area contributed by atoms with Gasteiger partial charge in [0.15, 0.2) is 5.41 Å². The molecule has 2 aromatic rings. The zero-order valence-corrected chi connectivity index (χ0v) is 22.4. The Morgan fingerprint density at radius 2 is 1.95 bits per heavy atom. The number of anilines is 1. The van der Waals surface area contributed by atoms with Crippen molar-refractivity contribution in [3.8, 4) is 5.75 Å². The van der Waals surface area contributed by atoms with E-state index in [1.807, 2.05) is 25.1 Å². The van der Waals surface area contributed by atoms with Crippen LogP contribution in [0.1, 0.15) is 50.9 Å². The second-order valence-corrected chi connectivity index (χ2v) is 10.3. The van der Waals surface area contributed by atoms with E-state index in [9.17, 15) is 20.0 Å². The maximum absolute atomic E-state index is 12.6. The fraction of sp³-hybridized carbons (Fsp3) is 0.536. The van der Waals surface area contributed by atoms with E-state index in [1.54, 1.807) is 20.1 Å². The van der Waals surface area contributed by atoms with Gasteiger partial charge < -0.3 is 24.5 Å². The normalized spacial score (nSPS) is 22.3. The SMILES string of the molecule is COc1ccccc1N1CCN(CCCCCc2occc2C2(C(=O)O)CC(C)NC(C)=C2[N+](=O)[O-])CC1. The lowest BCUT2D eigenvalue weighted by molar-refractivity contribution is -0.437. The first kappa shape index (κ1) is 27.5. The van der Waals surface area contributed by atoms with Crippen LogP contribution in [0.5, 0.6) is 5.75 Å². The average molecular weight is 527 g/mol. The number of benzene rings is 1. The van der Waals surface area contributed by atoms with Crippen LogP contribution in [0.15, 0.2) is 52.4 Å². The zero-order valence-electron chi connectivity index (χ0n) is 22.4. The van der Waals surface area contributed by atoms with Crippen molar-refractivity contribution in [2.45, 2.75) is 57.4 Å². The molecule has 206 valence electrons. The van der Waals surface area contributed by atoms with Crippen molar-refractivity contribution >= 4 is 11.7 Å². The Kier molecular flexibility index (Phi) is 8.61. The summed E-state index contributed by atoms with van der Waals surface area (Å²) in [5.74, 6) is 0.212. The Labute approximate surface area is 223 Å². The zero-order chi connectivity index (χ0) is 27.3. The quantitative estimate of drug-likeness (QED) is 0.254. The van der Waals surface area contributed by atoms with Crippen molar-refractivity contribution in [2.24, 2.45) is 0 Å². The van der Waals surface area contributed by atoms with Crippen molar-refractivity contribution < 1.29 is 24.0 Å². The smallest absolute Gasteiger partial charge is 0.325 e. The Bertz CT molecular complexity index is 1170. The number of carboxylic acids is 1. The third-order valence-electron chi connectivity index (χ3n) is 7.76. The van der Waals surface area contributed by atoms with E-state index in [-0.39, 0.29) is 23.9 Å². The molecule has 1 fully saturated rings. The summed E-state index contributed by atoms with van der Waals surface area (Å²) >= 11 is 0. The maximum atomic E-state index is 12.6. The minimum absolute atomic E-state index is 0.0867. The highest BCUT2D eigenvalue weighted by Crippen LogP contribution is 2.43. The Balaban J connectivity index is 1.31. The number of nitrogens with one attached hydrogen (secondary N) is 1. The van der Waals surface area contributed by atoms with Crippen LogP contribution < -0.4 is 15.0 Å². The van der Waals surface area contributed by atoms with Gasteiger partial charge in [0, 0.05) is 44.2 Å². The molecule has 0 spiro atoms. The highest BCUT2D eigenvalue weighted by molar-refractivity contribution is 5.86. The number of aliphatic carboxylic acids is 1. The van der Waals surface area contributed by atoms with Crippen LogP contribution >= 0.6 is 0 Å². The molecule has 1 aromatic carbocycles. The standard InChI is InChI=1S/C28H38N4O6/c1-20-19-28(27(33)34,26(32(35)36)21(2)29-20)22-12-18-38-24(22)10-5-4-8-13-30-14-16-31(17-15-30)23-9-6-7-11-25(23)37-3/h6-7,9,11-12,18,20,29H,4-5,8,10,13-17,19H2,1-3H3,(H,33,34). The molecule has 0 amide bonds. The van der Waals surface area contributed by atoms with E-state index >= 15 is 0 Å². The summed E-state index contributed by atoms with van der Waals surface area (Å²) in [6, 6.07) is 9.49. The number of rotatable bonds is 11. The van der Waals surface area contributed by atoms with Gasteiger partial charge in [0.25, 0.3) is 5.70 Å². The molecule has 3 heterocycles. The van der Waals surface area contributed by atoms with Crippen molar-refractivity contribution in [3.63, 3.8) is 0 Å². The Morgan fingerprint density at radius 1 is 1.21 bits per heavy atom. The first-order valence-corrected chi connectivity index (χ1v) is 13.3. The number of furan rings is 1. The average Bonchev–Trinajstić information content (AvgIpc) is 3.37. The lowest BCUT2D eigenvalue weighted by atomic mass is 9.70. The number of carboxylic acid groups (broad SMARTS) is 1. The molecular weight excluding hydrogens is 488 g/mol. The topological polar surface area (TPSA) is 121 Å². The fourth-order valence-electron chi connectivity index (χ4n) is 6.01. The van der Waals surface area contributed by atoms with Gasteiger partial charge in [-0.15, -0.1) is 0 Å². The van der Waals surface area contributed by atoms with Crippen LogP contribution in [0.4, 0.5) is 5.69 Å². The number of piperazine rings is 1. The van der Waals surface area contributed by atoms with Gasteiger partial charge in [-0.25, -0.2) is 0 Å². The minimum atomic E-state index is -1.73. The predicted molar refractivity (Wildman–Crippen MR) is 144 cm³/mol. The van der Waals surface area contributed by atoms with Crippen LogP contribution in [-0.2, 0) is 16.6 Å². The summed E-state index contributed by atoms with van der Waals surface area (Å²) < 4.78 is 11.2. The second-order valence-electron chi connectivity index (χ2n) is 10.3. The predicted octanol–water partition coefficient (Wildman–Crippen LogP) is 4.04. The van der Waals surface area contributed by atoms with Gasteiger partial charge in [0.05, 0.1) is 29.7 Å². The van der Waals surface area contributed by atoms with Gasteiger partial charge in [-0.3, -0.25) is 19.8 Å². The van der Waals surface area contributed by atoms with E-state index < -0.39 is 16.3 Å². The van der Waals surface area contributed by atoms with Crippen LogP contribution in [0.25, 0.3) is 0 Å². The summed E-state index contributed by atoms with van der Waals surface area (Å²) in [5.41, 5.74) is -0.220. The molecule has 0 aliphatic carbocycles. The molecule has 2 unspecified atom stereocenters. The molecule has 1 aromatic heterocycles. The molecule has 4 rings (SSSR count). The summed E-state index contributed by atoms with van der Waals surface area (Å²) in [5, 5.41) is 25.3. The van der Waals surface area contributed by atoms with E-state index in [4.69, 9.17) is 9.15 Å². The number of ether oxygens (including phenoxy) is 1. The number of unbranched alkanes of at least 4 members (excludes halogenated alkanes) is 2. The number of aryl methyl sites for hydroxylation is 1. The molecule has 0 radical (unpaired) electrons. The molecule has 2 atom stereocenters. The van der Waals surface area contributed by atoms with Crippen molar-refractivity contribution in [1.29, 1.82) is 0 Å². The van der Waals surface area contributed by atoms with Gasteiger partial charge in [0.2, 0.25) is 0 Å². The number of carbonyl (C=O) groups is 1. The number of hydrogen-bond acceptors (Lipinski definition) is 8. The van der Waals surface area contributed by atoms with Crippen LogP contribution in [-0.4, -0.2) is 66.8 Å². The van der Waals surface area contributed by atoms with E-state index in [2.05, 4.69) is 21.2 Å². The number of nitro groups is 1. The van der Waals surface area contributed by atoms with Crippen molar-refractivity contribution in [2.75, 3.05) is 44.7 Å². The Hall–Kier alpha value is -3.53. The number of nitrogens with zero attached hydrogens (tertiary/aromatic N) is 3. The molecule has 0 saturated carbocycles. The van der Waals surface area contributed by atoms with Crippen LogP contribution in [0.2, 0.25) is 0 Å². The molecular formula is C28H38N4O6. The van der Waals surface area contributed by atoms with E-state index in [1.165, 1.54) is 6.26 Å². The van der Waals surface area contributed by atoms with Gasteiger partial charge in [-0.2, -0.15) is 0 Å². The van der Waals surface area contributed by atoms with Gasteiger partial charge >= 0.3 is 5.97 Å². The van der Waals surface area contributed by atoms with Crippen molar-refractivity contribution in [3.05, 3.63) is 69.4 Å². The first-order valence-electron chi connectivity index (χ1n) is 13.3. The lowest BCUT2D eigenvalue weighted by Crippen LogP contribution is -2.51. The van der Waals surface area contributed by atoms with Crippen LogP contribution in [0.3, 0.4) is 0 Å². The number of methoxy groups -OCH3 is 1. The third kappa shape index (κ3) is 5.50. The first-order chi connectivity index (χ1) is 18.3. The molecule has 10 nitrogen and oxygen atoms in total. The summed E-state index contributed by atoms with van der Waals surface area (Å²) in [4.78, 5) is 28.9. The van der Waals surface area contributed by atoms with E-state index in [0.29, 0.717) is 17.7 Å². The summed E-state index contributed by atoms with van der Waals surface area (Å²) in [6.45, 7) is 8.29. The highest BCUT2D eigenvalue weighted by Gasteiger charge is 2.57. The molecule has 2 N–H and O–H groups in total. The highest BCUT2D eigenvalue weighted by atomic mass is 16.6. The van der Waals surface area contributed by atoms with Gasteiger partial charge in [-0.1, -0.05) is 18.6 Å². The maximum Gasteiger partial charge on any atom is 0.325 e. The fourth-order valence-corrected chi connectivity index (χ4v) is 6.01. The van der Waals surface area contributed by atoms with E-state index in [0.717, 1.165) is 63.4 Å². The second kappa shape index (κ2) is 11.9. The largest absolute Gasteiger partial charge is 0.495 e. The van der Waals surface area contributed by atoms with Gasteiger partial charge in [0.1, 0.15) is 11.5 Å². The minimum Gasteiger partial charge on any atom is -0.495 e. The lowest BCUT2D eigenvalue weighted by Gasteiger charge is -2.36. The monoisotopic (exact) mass is 526 g/mol. The number of allylic oxidation sites excluding steroid dienone is 1. The Morgan fingerprint density at radius 3 is 2.63 bits per heavy atom. The van der Waals surface area contributed by atoms with Crippen LogP contribution in [0, 0.1) is 10.1 Å². The molecule has 38 heavy (non-hydrogen) atoms. The third-order valence-corrected chi connectivity index (χ3v) is 7.76.